The fraction of sp³-hybridized carbons (Fsp3) is 0.417. The van der Waals surface area contributed by atoms with Crippen LogP contribution in [-0.2, 0) is 0 Å². The van der Waals surface area contributed by atoms with Crippen molar-refractivity contribution in [1.29, 1.82) is 5.26 Å². The van der Waals surface area contributed by atoms with E-state index < -0.39 is 34.8 Å². The smallest absolute Gasteiger partial charge is 0.200 e. The van der Waals surface area contributed by atoms with E-state index in [1.807, 2.05) is 0 Å². The van der Waals surface area contributed by atoms with Crippen LogP contribution in [0.3, 0.4) is 0 Å². The van der Waals surface area contributed by atoms with Crippen LogP contribution in [0.4, 0.5) is 27.6 Å². The van der Waals surface area contributed by atoms with Gasteiger partial charge in [0.25, 0.3) is 0 Å². The molecule has 1 aliphatic rings. The summed E-state index contributed by atoms with van der Waals surface area (Å²) in [7, 11) is 0. The highest BCUT2D eigenvalue weighted by atomic mass is 19.2. The Labute approximate surface area is 106 Å². The van der Waals surface area contributed by atoms with Gasteiger partial charge in [-0.25, -0.2) is 22.0 Å². The van der Waals surface area contributed by atoms with E-state index in [1.165, 1.54) is 0 Å². The topological polar surface area (TPSA) is 27.0 Å². The minimum Gasteiger partial charge on any atom is -0.363 e. The maximum Gasteiger partial charge on any atom is 0.200 e. The SMILES string of the molecule is N#CCCN(c1c(F)c(F)c(F)c(F)c1F)C1CC1. The van der Waals surface area contributed by atoms with Crippen LogP contribution in [0.5, 0.6) is 0 Å². The number of hydrogen-bond acceptors (Lipinski definition) is 2. The third-order valence-electron chi connectivity index (χ3n) is 2.93. The second-order valence-corrected chi connectivity index (χ2v) is 4.25. The summed E-state index contributed by atoms with van der Waals surface area (Å²) in [5.41, 5.74) is -0.936. The van der Waals surface area contributed by atoms with E-state index in [4.69, 9.17) is 5.26 Å². The van der Waals surface area contributed by atoms with Crippen molar-refractivity contribution in [3.8, 4) is 6.07 Å². The van der Waals surface area contributed by atoms with Gasteiger partial charge >= 0.3 is 0 Å². The Bertz CT molecular complexity index is 519. The standard InChI is InChI=1S/C12H9F5N2/c13-7-8(14)10(16)12(11(17)9(7)15)19(5-1-4-18)6-2-3-6/h6H,1-3,5H2. The van der Waals surface area contributed by atoms with Crippen LogP contribution in [0.15, 0.2) is 0 Å². The molecule has 0 aliphatic heterocycles. The van der Waals surface area contributed by atoms with E-state index in [1.54, 1.807) is 6.07 Å². The minimum absolute atomic E-state index is 0.0595. The lowest BCUT2D eigenvalue weighted by atomic mass is 10.2. The molecule has 0 bridgehead atoms. The highest BCUT2D eigenvalue weighted by molar-refractivity contribution is 5.52. The second kappa shape index (κ2) is 5.03. The summed E-state index contributed by atoms with van der Waals surface area (Å²) in [6, 6.07) is 1.51. The van der Waals surface area contributed by atoms with Gasteiger partial charge in [0, 0.05) is 12.6 Å². The van der Waals surface area contributed by atoms with Crippen molar-refractivity contribution in [2.75, 3.05) is 11.4 Å². The number of nitrogens with zero attached hydrogens (tertiary/aromatic N) is 2. The van der Waals surface area contributed by atoms with Crippen molar-refractivity contribution in [3.05, 3.63) is 29.1 Å². The van der Waals surface area contributed by atoms with Gasteiger partial charge in [-0.15, -0.1) is 0 Å². The lowest BCUT2D eigenvalue weighted by Gasteiger charge is -2.25. The molecule has 2 nitrogen and oxygen atoms in total. The van der Waals surface area contributed by atoms with Gasteiger partial charge in [0.1, 0.15) is 5.69 Å². The highest BCUT2D eigenvalue weighted by Crippen LogP contribution is 2.37. The molecule has 0 saturated heterocycles. The maximum atomic E-state index is 13.6. The van der Waals surface area contributed by atoms with Crippen LogP contribution in [0.1, 0.15) is 19.3 Å². The van der Waals surface area contributed by atoms with Crippen LogP contribution in [0.25, 0.3) is 0 Å². The molecule has 7 heteroatoms. The van der Waals surface area contributed by atoms with Gasteiger partial charge in [-0.2, -0.15) is 5.26 Å². The summed E-state index contributed by atoms with van der Waals surface area (Å²) in [4.78, 5) is 1.08. The zero-order valence-electron chi connectivity index (χ0n) is 9.69. The predicted octanol–water partition coefficient (Wildman–Crippen LogP) is 3.26. The second-order valence-electron chi connectivity index (χ2n) is 4.25. The van der Waals surface area contributed by atoms with E-state index in [0.29, 0.717) is 12.8 Å². The largest absolute Gasteiger partial charge is 0.363 e. The lowest BCUT2D eigenvalue weighted by Crippen LogP contribution is -2.29. The molecule has 1 aromatic rings. The summed E-state index contributed by atoms with van der Waals surface area (Å²) >= 11 is 0. The Morgan fingerprint density at radius 2 is 1.42 bits per heavy atom. The predicted molar refractivity (Wildman–Crippen MR) is 56.8 cm³/mol. The number of benzene rings is 1. The Morgan fingerprint density at radius 1 is 0.947 bits per heavy atom. The number of rotatable bonds is 4. The third-order valence-corrected chi connectivity index (χ3v) is 2.93. The summed E-state index contributed by atoms with van der Waals surface area (Å²) < 4.78 is 66.4. The van der Waals surface area contributed by atoms with Crippen LogP contribution in [0.2, 0.25) is 0 Å². The average molecular weight is 276 g/mol. The Morgan fingerprint density at radius 3 is 1.84 bits per heavy atom. The lowest BCUT2D eigenvalue weighted by molar-refractivity contribution is 0.378. The molecule has 0 unspecified atom stereocenters. The minimum atomic E-state index is -2.17. The molecule has 19 heavy (non-hydrogen) atoms. The van der Waals surface area contributed by atoms with Gasteiger partial charge in [-0.1, -0.05) is 0 Å². The van der Waals surface area contributed by atoms with Crippen LogP contribution >= 0.6 is 0 Å². The quantitative estimate of drug-likeness (QED) is 0.479. The van der Waals surface area contributed by atoms with Crippen molar-refractivity contribution < 1.29 is 22.0 Å². The summed E-state index contributed by atoms with van der Waals surface area (Å²) in [6.07, 6.45) is 1.14. The first-order valence-corrected chi connectivity index (χ1v) is 5.64. The molecule has 0 radical (unpaired) electrons. The number of nitriles is 1. The Kier molecular flexibility index (Phi) is 3.60. The maximum absolute atomic E-state index is 13.6. The van der Waals surface area contributed by atoms with Gasteiger partial charge in [0.15, 0.2) is 23.3 Å². The highest BCUT2D eigenvalue weighted by Gasteiger charge is 2.36. The van der Waals surface area contributed by atoms with Crippen molar-refractivity contribution in [2.24, 2.45) is 0 Å². The van der Waals surface area contributed by atoms with Crippen LogP contribution in [0, 0.1) is 40.4 Å². The number of anilines is 1. The van der Waals surface area contributed by atoms with Crippen LogP contribution in [-0.4, -0.2) is 12.6 Å². The van der Waals surface area contributed by atoms with Crippen molar-refractivity contribution in [2.45, 2.75) is 25.3 Å². The molecule has 0 spiro atoms. The first-order valence-electron chi connectivity index (χ1n) is 5.64. The molecule has 0 amide bonds. The summed E-state index contributed by atoms with van der Waals surface area (Å²) in [5, 5.41) is 8.48. The molecule has 0 aromatic heterocycles. The summed E-state index contributed by atoms with van der Waals surface area (Å²) in [6.45, 7) is -0.0699. The molecule has 1 aliphatic carbocycles. The molecular formula is C12H9F5N2. The monoisotopic (exact) mass is 276 g/mol. The zero-order valence-corrected chi connectivity index (χ0v) is 9.69. The van der Waals surface area contributed by atoms with Crippen molar-refractivity contribution in [1.82, 2.24) is 0 Å². The molecule has 0 heterocycles. The average Bonchev–Trinajstić information content (AvgIpc) is 3.22. The molecule has 2 rings (SSSR count). The molecule has 102 valence electrons. The van der Waals surface area contributed by atoms with E-state index in [2.05, 4.69) is 0 Å². The zero-order chi connectivity index (χ0) is 14.2. The van der Waals surface area contributed by atoms with E-state index in [0.717, 1.165) is 4.90 Å². The fourth-order valence-corrected chi connectivity index (χ4v) is 1.88. The molecule has 0 atom stereocenters. The van der Waals surface area contributed by atoms with Gasteiger partial charge in [-0.3, -0.25) is 0 Å². The van der Waals surface area contributed by atoms with Crippen LogP contribution < -0.4 is 4.90 Å². The number of hydrogen-bond donors (Lipinski definition) is 0. The Hall–Kier alpha value is -1.84. The Balaban J connectivity index is 2.50. The molecule has 1 fully saturated rings. The molecular weight excluding hydrogens is 267 g/mol. The van der Waals surface area contributed by atoms with Crippen molar-refractivity contribution in [3.63, 3.8) is 0 Å². The normalized spacial score (nSPS) is 14.3. The van der Waals surface area contributed by atoms with Gasteiger partial charge in [0.05, 0.1) is 12.5 Å². The first-order chi connectivity index (χ1) is 8.99. The fourth-order valence-electron chi connectivity index (χ4n) is 1.88. The van der Waals surface area contributed by atoms with E-state index in [-0.39, 0.29) is 19.0 Å². The van der Waals surface area contributed by atoms with Crippen molar-refractivity contribution >= 4 is 5.69 Å². The van der Waals surface area contributed by atoms with Gasteiger partial charge in [-0.05, 0) is 12.8 Å². The molecule has 0 N–H and O–H groups in total. The van der Waals surface area contributed by atoms with Gasteiger partial charge in [0.2, 0.25) is 5.82 Å². The molecule has 1 aromatic carbocycles. The number of halogens is 5. The molecule has 1 saturated carbocycles. The van der Waals surface area contributed by atoms with E-state index >= 15 is 0 Å². The third kappa shape index (κ3) is 2.35. The summed E-state index contributed by atoms with van der Waals surface area (Å²) in [5.74, 6) is -9.79. The first kappa shape index (κ1) is 13.6. The van der Waals surface area contributed by atoms with E-state index in [9.17, 15) is 22.0 Å². The van der Waals surface area contributed by atoms with Gasteiger partial charge < -0.3 is 4.90 Å².